The van der Waals surface area contributed by atoms with Crippen LogP contribution in [0.4, 0.5) is 9.18 Å². The van der Waals surface area contributed by atoms with Gasteiger partial charge in [0.05, 0.1) is 23.6 Å². The number of halogens is 2. The van der Waals surface area contributed by atoms with Gasteiger partial charge in [-0.25, -0.2) is 13.9 Å². The summed E-state index contributed by atoms with van der Waals surface area (Å²) in [6.45, 7) is 7.92. The molecule has 1 aromatic carbocycles. The average molecular weight is 425 g/mol. The van der Waals surface area contributed by atoms with Gasteiger partial charge in [-0.1, -0.05) is 25.4 Å². The van der Waals surface area contributed by atoms with Gasteiger partial charge in [0.1, 0.15) is 11.0 Å². The van der Waals surface area contributed by atoms with Crippen molar-refractivity contribution < 1.29 is 18.7 Å². The molecule has 0 aliphatic carbocycles. The van der Waals surface area contributed by atoms with E-state index in [1.807, 2.05) is 13.8 Å². The average Bonchev–Trinajstić information content (AvgIpc) is 2.94. The van der Waals surface area contributed by atoms with Crippen molar-refractivity contribution in [2.45, 2.75) is 40.2 Å². The van der Waals surface area contributed by atoms with Crippen LogP contribution in [0.2, 0.25) is 5.15 Å². The number of carbonyl (C=O) groups excluding carboxylic acids is 2. The monoisotopic (exact) mass is 424 g/mol. The molecule has 0 aliphatic heterocycles. The van der Waals surface area contributed by atoms with Crippen LogP contribution in [0, 0.1) is 18.7 Å². The minimum atomic E-state index is -0.522. The Morgan fingerprint density at radius 1 is 1.28 bits per heavy atom. The Labute approximate surface area is 174 Å². The van der Waals surface area contributed by atoms with Gasteiger partial charge in [-0.3, -0.25) is 4.79 Å². The molecule has 0 bridgehead atoms. The van der Waals surface area contributed by atoms with E-state index in [0.717, 1.165) is 0 Å². The second-order valence-electron chi connectivity index (χ2n) is 7.04. The van der Waals surface area contributed by atoms with Crippen molar-refractivity contribution in [3.05, 3.63) is 46.5 Å². The molecule has 1 aromatic heterocycles. The van der Waals surface area contributed by atoms with E-state index in [0.29, 0.717) is 23.7 Å². The first kappa shape index (κ1) is 22.7. The molecular formula is C20H26ClFN4O3. The molecule has 0 spiro atoms. The number of benzene rings is 1. The van der Waals surface area contributed by atoms with E-state index >= 15 is 0 Å². The first-order valence-corrected chi connectivity index (χ1v) is 9.83. The number of alkyl carbamates (subject to hydrolysis) is 1. The number of hydrogen-bond donors (Lipinski definition) is 2. The second-order valence-corrected chi connectivity index (χ2v) is 7.40. The molecule has 1 heterocycles. The number of aryl methyl sites for hydroxylation is 1. The number of carbonyl (C=O) groups is 2. The zero-order valence-electron chi connectivity index (χ0n) is 17.0. The normalized spacial score (nSPS) is 12.0. The first-order valence-electron chi connectivity index (χ1n) is 9.45. The van der Waals surface area contributed by atoms with Crippen LogP contribution in [0.15, 0.2) is 24.3 Å². The van der Waals surface area contributed by atoms with Crippen LogP contribution in [0.1, 0.15) is 43.2 Å². The Hall–Kier alpha value is -2.61. The summed E-state index contributed by atoms with van der Waals surface area (Å²) in [7, 11) is 0. The minimum Gasteiger partial charge on any atom is -0.450 e. The van der Waals surface area contributed by atoms with Gasteiger partial charge in [0.15, 0.2) is 0 Å². The summed E-state index contributed by atoms with van der Waals surface area (Å²) in [6.07, 6.45) is 0.145. The number of nitrogens with zero attached hydrogens (tertiary/aromatic N) is 2. The van der Waals surface area contributed by atoms with E-state index in [2.05, 4.69) is 15.7 Å². The summed E-state index contributed by atoms with van der Waals surface area (Å²) >= 11 is 6.38. The lowest BCUT2D eigenvalue weighted by Crippen LogP contribution is -2.44. The maximum atomic E-state index is 13.2. The zero-order chi connectivity index (χ0) is 21.6. The van der Waals surface area contributed by atoms with Crippen LogP contribution < -0.4 is 10.6 Å². The van der Waals surface area contributed by atoms with Crippen molar-refractivity contribution in [1.82, 2.24) is 20.4 Å². The highest BCUT2D eigenvalue weighted by Crippen LogP contribution is 2.23. The Morgan fingerprint density at radius 2 is 1.93 bits per heavy atom. The lowest BCUT2D eigenvalue weighted by Gasteiger charge is -2.20. The predicted octanol–water partition coefficient (Wildman–Crippen LogP) is 3.86. The van der Waals surface area contributed by atoms with Crippen molar-refractivity contribution in [3.8, 4) is 5.69 Å². The molecule has 2 amide bonds. The molecule has 9 heteroatoms. The number of ether oxygens (including phenoxy) is 1. The summed E-state index contributed by atoms with van der Waals surface area (Å²) in [4.78, 5) is 24.5. The molecule has 0 fully saturated rings. The van der Waals surface area contributed by atoms with Gasteiger partial charge in [-0.05, 0) is 50.5 Å². The highest BCUT2D eigenvalue weighted by atomic mass is 35.5. The molecule has 1 unspecified atom stereocenters. The van der Waals surface area contributed by atoms with Crippen LogP contribution in [0.5, 0.6) is 0 Å². The Balaban J connectivity index is 2.12. The number of nitrogens with one attached hydrogen (secondary N) is 2. The fraction of sp³-hybridized carbons (Fsp3) is 0.450. The predicted molar refractivity (Wildman–Crippen MR) is 109 cm³/mol. The minimum absolute atomic E-state index is 0.130. The van der Waals surface area contributed by atoms with Crippen LogP contribution >= 0.6 is 11.6 Å². The van der Waals surface area contributed by atoms with Crippen LogP contribution in [-0.4, -0.2) is 41.0 Å². The third-order valence-electron chi connectivity index (χ3n) is 4.16. The number of aromatic nitrogens is 2. The van der Waals surface area contributed by atoms with Gasteiger partial charge < -0.3 is 15.4 Å². The van der Waals surface area contributed by atoms with E-state index in [9.17, 15) is 14.0 Å². The zero-order valence-corrected chi connectivity index (χ0v) is 17.7. The Bertz CT molecular complexity index is 852. The standard InChI is InChI=1S/C20H26ClFN4O3/c1-5-29-20(28)24-15(10-12(2)3)11-23-19(27)17-13(4)25-26(18(17)21)16-8-6-14(22)7-9-16/h6-9,12,15H,5,10-11H2,1-4H3,(H,23,27)(H,24,28). The molecule has 2 N–H and O–H groups in total. The second kappa shape index (κ2) is 10.2. The third kappa shape index (κ3) is 6.19. The molecule has 2 aromatic rings. The fourth-order valence-corrected chi connectivity index (χ4v) is 3.27. The van der Waals surface area contributed by atoms with Gasteiger partial charge >= 0.3 is 6.09 Å². The van der Waals surface area contributed by atoms with Gasteiger partial charge in [0.2, 0.25) is 0 Å². The maximum absolute atomic E-state index is 13.2. The van der Waals surface area contributed by atoms with E-state index < -0.39 is 12.0 Å². The fourth-order valence-electron chi connectivity index (χ4n) is 2.92. The highest BCUT2D eigenvalue weighted by Gasteiger charge is 2.23. The molecule has 158 valence electrons. The summed E-state index contributed by atoms with van der Waals surface area (Å²) in [5.74, 6) is -0.470. The van der Waals surface area contributed by atoms with Gasteiger partial charge in [0.25, 0.3) is 5.91 Å². The van der Waals surface area contributed by atoms with Gasteiger partial charge in [-0.15, -0.1) is 0 Å². The number of amides is 2. The van der Waals surface area contributed by atoms with Crippen LogP contribution in [-0.2, 0) is 4.74 Å². The molecule has 0 saturated carbocycles. The summed E-state index contributed by atoms with van der Waals surface area (Å²) in [5.41, 5.74) is 1.21. The van der Waals surface area contributed by atoms with E-state index in [1.165, 1.54) is 28.9 Å². The molecule has 2 rings (SSSR count). The topological polar surface area (TPSA) is 85.2 Å². The van der Waals surface area contributed by atoms with Gasteiger partial charge in [-0.2, -0.15) is 5.10 Å². The maximum Gasteiger partial charge on any atom is 0.407 e. The third-order valence-corrected chi connectivity index (χ3v) is 4.51. The smallest absolute Gasteiger partial charge is 0.407 e. The molecule has 0 aliphatic rings. The highest BCUT2D eigenvalue weighted by molar-refractivity contribution is 6.33. The lowest BCUT2D eigenvalue weighted by atomic mass is 10.0. The van der Waals surface area contributed by atoms with Crippen LogP contribution in [0.25, 0.3) is 5.69 Å². The number of hydrogen-bond acceptors (Lipinski definition) is 4. The quantitative estimate of drug-likeness (QED) is 0.673. The lowest BCUT2D eigenvalue weighted by molar-refractivity contribution is 0.0944. The Morgan fingerprint density at radius 3 is 2.52 bits per heavy atom. The summed E-state index contributed by atoms with van der Waals surface area (Å²) < 4.78 is 19.5. The van der Waals surface area contributed by atoms with Crippen molar-refractivity contribution >= 4 is 23.6 Å². The molecule has 0 saturated heterocycles. The van der Waals surface area contributed by atoms with Crippen molar-refractivity contribution in [3.63, 3.8) is 0 Å². The number of rotatable bonds is 8. The van der Waals surface area contributed by atoms with E-state index in [1.54, 1.807) is 13.8 Å². The largest absolute Gasteiger partial charge is 0.450 e. The van der Waals surface area contributed by atoms with E-state index in [-0.39, 0.29) is 35.7 Å². The molecule has 1 atom stereocenters. The van der Waals surface area contributed by atoms with Crippen molar-refractivity contribution in [2.24, 2.45) is 5.92 Å². The summed E-state index contributed by atoms with van der Waals surface area (Å²) in [5, 5.41) is 9.98. The Kier molecular flexibility index (Phi) is 8.01. The molecule has 0 radical (unpaired) electrons. The van der Waals surface area contributed by atoms with Crippen molar-refractivity contribution in [1.29, 1.82) is 0 Å². The molecule has 7 nitrogen and oxygen atoms in total. The molecular weight excluding hydrogens is 399 g/mol. The molecule has 29 heavy (non-hydrogen) atoms. The summed E-state index contributed by atoms with van der Waals surface area (Å²) in [6, 6.07) is 5.35. The van der Waals surface area contributed by atoms with Gasteiger partial charge in [0, 0.05) is 12.6 Å². The van der Waals surface area contributed by atoms with Crippen molar-refractivity contribution in [2.75, 3.05) is 13.2 Å². The SMILES string of the molecule is CCOC(=O)NC(CNC(=O)c1c(C)nn(-c2ccc(F)cc2)c1Cl)CC(C)C. The first-order chi connectivity index (χ1) is 13.7. The van der Waals surface area contributed by atoms with E-state index in [4.69, 9.17) is 16.3 Å². The van der Waals surface area contributed by atoms with Crippen LogP contribution in [0.3, 0.4) is 0 Å².